The maximum atomic E-state index is 12.3. The highest BCUT2D eigenvalue weighted by Crippen LogP contribution is 2.16. The van der Waals surface area contributed by atoms with Gasteiger partial charge in [0.1, 0.15) is 5.75 Å². The summed E-state index contributed by atoms with van der Waals surface area (Å²) >= 11 is 0. The molecule has 1 aromatic rings. The number of benzene rings is 1. The van der Waals surface area contributed by atoms with Crippen molar-refractivity contribution in [3.63, 3.8) is 0 Å². The van der Waals surface area contributed by atoms with E-state index in [4.69, 9.17) is 4.74 Å². The molecule has 114 valence electrons. The summed E-state index contributed by atoms with van der Waals surface area (Å²) in [5, 5.41) is 2.62. The van der Waals surface area contributed by atoms with Crippen LogP contribution in [0.4, 0.5) is 0 Å². The van der Waals surface area contributed by atoms with E-state index in [1.165, 1.54) is 4.31 Å². The summed E-state index contributed by atoms with van der Waals surface area (Å²) in [6.45, 7) is 5.25. The second kappa shape index (κ2) is 7.61. The van der Waals surface area contributed by atoms with Gasteiger partial charge in [0.05, 0.1) is 12.4 Å². The summed E-state index contributed by atoms with van der Waals surface area (Å²) in [4.78, 5) is 0. The number of ether oxygens (including phenoxy) is 1. The van der Waals surface area contributed by atoms with Gasteiger partial charge in [0.15, 0.2) is 0 Å². The second-order valence-electron chi connectivity index (χ2n) is 4.77. The molecule has 1 atom stereocenters. The Morgan fingerprint density at radius 2 is 2.10 bits per heavy atom. The van der Waals surface area contributed by atoms with Crippen molar-refractivity contribution in [3.8, 4) is 5.75 Å². The third-order valence-corrected chi connectivity index (χ3v) is 5.35. The molecule has 0 aliphatic rings. The summed E-state index contributed by atoms with van der Waals surface area (Å²) in [5.41, 5.74) is 0.908. The molecule has 0 aliphatic carbocycles. The summed E-state index contributed by atoms with van der Waals surface area (Å²) in [6.07, 6.45) is 0. The van der Waals surface area contributed by atoms with Crippen LogP contribution >= 0.6 is 0 Å². The number of hydrogen-bond donors (Lipinski definition) is 1. The van der Waals surface area contributed by atoms with Gasteiger partial charge in [0, 0.05) is 20.1 Å². The number of sulfonamides is 1. The van der Waals surface area contributed by atoms with E-state index in [1.54, 1.807) is 21.1 Å². The fourth-order valence-corrected chi connectivity index (χ4v) is 3.15. The first kappa shape index (κ1) is 16.9. The fraction of sp³-hybridized carbons (Fsp3) is 0.571. The van der Waals surface area contributed by atoms with E-state index >= 15 is 0 Å². The third-order valence-electron chi connectivity index (χ3n) is 3.16. The van der Waals surface area contributed by atoms with Gasteiger partial charge in [-0.15, -0.1) is 0 Å². The minimum atomic E-state index is -3.30. The van der Waals surface area contributed by atoms with E-state index in [-0.39, 0.29) is 0 Å². The van der Waals surface area contributed by atoms with Gasteiger partial charge in [-0.25, -0.2) is 12.7 Å². The zero-order valence-corrected chi connectivity index (χ0v) is 13.4. The molecule has 0 saturated carbocycles. The SMILES string of the molecule is CCNCC(C)S(=O)(=O)N(C)Cc1cccc(OC)c1. The molecule has 0 aromatic heterocycles. The van der Waals surface area contributed by atoms with Crippen molar-refractivity contribution < 1.29 is 13.2 Å². The second-order valence-corrected chi connectivity index (χ2v) is 7.23. The van der Waals surface area contributed by atoms with Crippen molar-refractivity contribution in [2.24, 2.45) is 0 Å². The van der Waals surface area contributed by atoms with Gasteiger partial charge in [-0.1, -0.05) is 19.1 Å². The maximum absolute atomic E-state index is 12.3. The molecule has 0 bridgehead atoms. The van der Waals surface area contributed by atoms with Gasteiger partial charge in [0.2, 0.25) is 10.0 Å². The molecule has 1 unspecified atom stereocenters. The van der Waals surface area contributed by atoms with Crippen LogP contribution in [0.3, 0.4) is 0 Å². The molecule has 20 heavy (non-hydrogen) atoms. The van der Waals surface area contributed by atoms with Crippen molar-refractivity contribution in [2.75, 3.05) is 27.2 Å². The minimum Gasteiger partial charge on any atom is -0.497 e. The van der Waals surface area contributed by atoms with Gasteiger partial charge in [0.25, 0.3) is 0 Å². The number of hydrogen-bond acceptors (Lipinski definition) is 4. The maximum Gasteiger partial charge on any atom is 0.218 e. The lowest BCUT2D eigenvalue weighted by Crippen LogP contribution is -2.39. The Balaban J connectivity index is 2.75. The molecule has 0 amide bonds. The van der Waals surface area contributed by atoms with E-state index in [9.17, 15) is 8.42 Å². The van der Waals surface area contributed by atoms with Gasteiger partial charge >= 0.3 is 0 Å². The van der Waals surface area contributed by atoms with Crippen LogP contribution in [0.2, 0.25) is 0 Å². The fourth-order valence-electron chi connectivity index (χ4n) is 1.88. The number of nitrogens with one attached hydrogen (secondary N) is 1. The van der Waals surface area contributed by atoms with Crippen molar-refractivity contribution in [1.82, 2.24) is 9.62 Å². The van der Waals surface area contributed by atoms with Crippen LogP contribution in [0, 0.1) is 0 Å². The van der Waals surface area contributed by atoms with E-state index in [2.05, 4.69) is 5.32 Å². The van der Waals surface area contributed by atoms with E-state index in [0.717, 1.165) is 17.9 Å². The van der Waals surface area contributed by atoms with Crippen molar-refractivity contribution in [2.45, 2.75) is 25.6 Å². The Bertz CT molecular complexity index is 517. The van der Waals surface area contributed by atoms with Crippen LogP contribution < -0.4 is 10.1 Å². The quantitative estimate of drug-likeness (QED) is 0.789. The van der Waals surface area contributed by atoms with Crippen LogP contribution in [0.15, 0.2) is 24.3 Å². The minimum absolute atomic E-state index is 0.343. The van der Waals surface area contributed by atoms with E-state index < -0.39 is 15.3 Å². The molecule has 0 radical (unpaired) electrons. The van der Waals surface area contributed by atoms with E-state index in [1.807, 2.05) is 31.2 Å². The zero-order valence-electron chi connectivity index (χ0n) is 12.6. The number of methoxy groups -OCH3 is 1. The highest BCUT2D eigenvalue weighted by molar-refractivity contribution is 7.89. The highest BCUT2D eigenvalue weighted by Gasteiger charge is 2.25. The van der Waals surface area contributed by atoms with Gasteiger partial charge < -0.3 is 10.1 Å². The lowest BCUT2D eigenvalue weighted by atomic mass is 10.2. The Hall–Kier alpha value is -1.11. The summed E-state index contributed by atoms with van der Waals surface area (Å²) < 4.78 is 31.2. The van der Waals surface area contributed by atoms with Gasteiger partial charge in [-0.2, -0.15) is 0 Å². The predicted molar refractivity (Wildman–Crippen MR) is 81.4 cm³/mol. The van der Waals surface area contributed by atoms with Crippen LogP contribution in [0.1, 0.15) is 19.4 Å². The average Bonchev–Trinajstić information content (AvgIpc) is 2.44. The summed E-state index contributed by atoms with van der Waals surface area (Å²) in [7, 11) is -0.0953. The molecule has 0 fully saturated rings. The third kappa shape index (κ3) is 4.47. The molecule has 6 heteroatoms. The smallest absolute Gasteiger partial charge is 0.218 e. The van der Waals surface area contributed by atoms with Crippen molar-refractivity contribution in [3.05, 3.63) is 29.8 Å². The average molecular weight is 300 g/mol. The van der Waals surface area contributed by atoms with E-state index in [0.29, 0.717) is 13.1 Å². The van der Waals surface area contributed by atoms with Crippen LogP contribution in [-0.4, -0.2) is 45.2 Å². The first-order valence-electron chi connectivity index (χ1n) is 6.70. The topological polar surface area (TPSA) is 58.6 Å². The molecule has 0 spiro atoms. The standard InChI is InChI=1S/C14H24N2O3S/c1-5-15-10-12(2)20(17,18)16(3)11-13-7-6-8-14(9-13)19-4/h6-9,12,15H,5,10-11H2,1-4H3. The van der Waals surface area contributed by atoms with Crippen LogP contribution in [0.5, 0.6) is 5.75 Å². The summed E-state index contributed by atoms with van der Waals surface area (Å²) in [6, 6.07) is 7.44. The molecule has 0 saturated heterocycles. The van der Waals surface area contributed by atoms with Crippen LogP contribution in [0.25, 0.3) is 0 Å². The molecule has 1 N–H and O–H groups in total. The Labute approximate surface area is 122 Å². The molecule has 1 rings (SSSR count). The predicted octanol–water partition coefficient (Wildman–Crippen LogP) is 1.45. The van der Waals surface area contributed by atoms with Crippen LogP contribution in [-0.2, 0) is 16.6 Å². The van der Waals surface area contributed by atoms with Crippen molar-refractivity contribution in [1.29, 1.82) is 0 Å². The number of nitrogens with zero attached hydrogens (tertiary/aromatic N) is 1. The largest absolute Gasteiger partial charge is 0.497 e. The van der Waals surface area contributed by atoms with Gasteiger partial charge in [-0.05, 0) is 31.2 Å². The molecular formula is C14H24N2O3S. The molecular weight excluding hydrogens is 276 g/mol. The molecule has 0 heterocycles. The summed E-state index contributed by atoms with van der Waals surface area (Å²) in [5.74, 6) is 0.731. The molecule has 0 aliphatic heterocycles. The van der Waals surface area contributed by atoms with Gasteiger partial charge in [-0.3, -0.25) is 0 Å². The normalized spacial score (nSPS) is 13.4. The highest BCUT2D eigenvalue weighted by atomic mass is 32.2. The monoisotopic (exact) mass is 300 g/mol. The Morgan fingerprint density at radius 3 is 2.70 bits per heavy atom. The Morgan fingerprint density at radius 1 is 1.40 bits per heavy atom. The Kier molecular flexibility index (Phi) is 6.45. The zero-order chi connectivity index (χ0) is 15.2. The molecule has 5 nitrogen and oxygen atoms in total. The molecule has 1 aromatic carbocycles. The first-order chi connectivity index (χ1) is 9.41. The lowest BCUT2D eigenvalue weighted by Gasteiger charge is -2.22. The number of rotatable bonds is 8. The van der Waals surface area contributed by atoms with Crippen molar-refractivity contribution >= 4 is 10.0 Å². The lowest BCUT2D eigenvalue weighted by molar-refractivity contribution is 0.412. The first-order valence-corrected chi connectivity index (χ1v) is 8.21.